The van der Waals surface area contributed by atoms with Crippen molar-refractivity contribution >= 4 is 11.6 Å². The topological polar surface area (TPSA) is 84.6 Å². The van der Waals surface area contributed by atoms with Gasteiger partial charge in [0.25, 0.3) is 0 Å². The summed E-state index contributed by atoms with van der Waals surface area (Å²) in [5.74, 6) is 0.265. The van der Waals surface area contributed by atoms with Gasteiger partial charge in [-0.15, -0.1) is 0 Å². The van der Waals surface area contributed by atoms with Gasteiger partial charge in [0.2, 0.25) is 5.91 Å². The molecule has 0 heterocycles. The Kier molecular flexibility index (Phi) is 3.95. The van der Waals surface area contributed by atoms with Gasteiger partial charge in [0, 0.05) is 23.7 Å². The van der Waals surface area contributed by atoms with E-state index in [1.807, 2.05) is 0 Å². The van der Waals surface area contributed by atoms with Gasteiger partial charge in [-0.25, -0.2) is 0 Å². The van der Waals surface area contributed by atoms with Gasteiger partial charge in [0.1, 0.15) is 0 Å². The van der Waals surface area contributed by atoms with Crippen LogP contribution >= 0.6 is 0 Å². The molecule has 5 heteroatoms. The van der Waals surface area contributed by atoms with Crippen molar-refractivity contribution in [2.45, 2.75) is 37.6 Å². The summed E-state index contributed by atoms with van der Waals surface area (Å²) in [6, 6.07) is 4.77. The van der Waals surface area contributed by atoms with Crippen LogP contribution in [0.3, 0.4) is 0 Å². The van der Waals surface area contributed by atoms with E-state index in [1.165, 1.54) is 13.2 Å². The van der Waals surface area contributed by atoms with E-state index in [-0.39, 0.29) is 17.2 Å². The third-order valence-electron chi connectivity index (χ3n) is 3.57. The van der Waals surface area contributed by atoms with E-state index in [1.54, 1.807) is 12.1 Å². The van der Waals surface area contributed by atoms with Crippen LogP contribution in [0.1, 0.15) is 32.1 Å². The molecule has 1 amide bonds. The van der Waals surface area contributed by atoms with E-state index in [4.69, 9.17) is 10.5 Å². The fourth-order valence-electron chi connectivity index (χ4n) is 2.55. The van der Waals surface area contributed by atoms with Gasteiger partial charge in [0.15, 0.2) is 11.5 Å². The predicted octanol–water partition coefficient (Wildman–Crippen LogP) is 2.00. The van der Waals surface area contributed by atoms with E-state index in [0.29, 0.717) is 17.9 Å². The number of ether oxygens (including phenoxy) is 1. The Bertz CT molecular complexity index is 468. The van der Waals surface area contributed by atoms with Crippen LogP contribution in [0.4, 0.5) is 5.69 Å². The first-order chi connectivity index (χ1) is 9.02. The van der Waals surface area contributed by atoms with Gasteiger partial charge in [-0.2, -0.15) is 0 Å². The minimum absolute atomic E-state index is 0.00336. The number of anilines is 1. The zero-order valence-corrected chi connectivity index (χ0v) is 11.1. The molecular weight excluding hydrogens is 244 g/mol. The lowest BCUT2D eigenvalue weighted by Gasteiger charge is -2.22. The second-order valence-corrected chi connectivity index (χ2v) is 5.18. The molecular formula is C14H20N2O3. The zero-order valence-electron chi connectivity index (χ0n) is 11.1. The first kappa shape index (κ1) is 13.7. The van der Waals surface area contributed by atoms with Crippen LogP contribution in [0.5, 0.6) is 11.5 Å². The van der Waals surface area contributed by atoms with Gasteiger partial charge in [0.05, 0.1) is 7.11 Å². The number of hydrogen-bond acceptors (Lipinski definition) is 4. The highest BCUT2D eigenvalue weighted by molar-refractivity contribution is 5.91. The lowest BCUT2D eigenvalue weighted by molar-refractivity contribution is -0.117. The van der Waals surface area contributed by atoms with Gasteiger partial charge in [-0.1, -0.05) is 12.8 Å². The number of aromatic hydroxyl groups is 1. The molecule has 4 N–H and O–H groups in total. The molecule has 0 radical (unpaired) electrons. The number of nitrogens with two attached hydrogens (primary N) is 1. The Hall–Kier alpha value is -1.75. The Balaban J connectivity index is 1.97. The highest BCUT2D eigenvalue weighted by Gasteiger charge is 2.31. The molecule has 0 atom stereocenters. The molecule has 1 aliphatic rings. The van der Waals surface area contributed by atoms with E-state index >= 15 is 0 Å². The fourth-order valence-corrected chi connectivity index (χ4v) is 2.55. The van der Waals surface area contributed by atoms with Crippen molar-refractivity contribution in [1.29, 1.82) is 0 Å². The molecule has 1 aromatic rings. The third kappa shape index (κ3) is 3.38. The van der Waals surface area contributed by atoms with E-state index in [2.05, 4.69) is 5.32 Å². The lowest BCUT2D eigenvalue weighted by atomic mass is 9.94. The largest absolute Gasteiger partial charge is 0.504 e. The number of phenolic OH excluding ortho intramolecular Hbond substituents is 1. The molecule has 19 heavy (non-hydrogen) atoms. The number of phenols is 1. The number of nitrogens with one attached hydrogen (secondary N) is 1. The molecule has 1 fully saturated rings. The summed E-state index contributed by atoms with van der Waals surface area (Å²) >= 11 is 0. The Morgan fingerprint density at radius 3 is 2.74 bits per heavy atom. The SMILES string of the molecule is COc1ccc(NC(=O)CC2(N)CCCC2)cc1O. The highest BCUT2D eigenvalue weighted by Crippen LogP contribution is 2.31. The van der Waals surface area contributed by atoms with Crippen LogP contribution in [0.2, 0.25) is 0 Å². The molecule has 0 bridgehead atoms. The molecule has 0 unspecified atom stereocenters. The maximum absolute atomic E-state index is 11.9. The second-order valence-electron chi connectivity index (χ2n) is 5.18. The average molecular weight is 264 g/mol. The molecule has 104 valence electrons. The smallest absolute Gasteiger partial charge is 0.226 e. The van der Waals surface area contributed by atoms with Gasteiger partial charge in [-0.05, 0) is 25.0 Å². The number of amides is 1. The third-order valence-corrected chi connectivity index (χ3v) is 3.57. The summed E-state index contributed by atoms with van der Waals surface area (Å²) in [4.78, 5) is 11.9. The Morgan fingerprint density at radius 2 is 2.16 bits per heavy atom. The van der Waals surface area contributed by atoms with Crippen molar-refractivity contribution < 1.29 is 14.6 Å². The van der Waals surface area contributed by atoms with E-state index in [9.17, 15) is 9.90 Å². The molecule has 1 aliphatic carbocycles. The first-order valence-electron chi connectivity index (χ1n) is 6.48. The van der Waals surface area contributed by atoms with Crippen molar-refractivity contribution in [2.24, 2.45) is 5.73 Å². The van der Waals surface area contributed by atoms with E-state index in [0.717, 1.165) is 25.7 Å². The summed E-state index contributed by atoms with van der Waals surface area (Å²) in [6.45, 7) is 0. The van der Waals surface area contributed by atoms with Crippen LogP contribution in [0.15, 0.2) is 18.2 Å². The molecule has 2 rings (SSSR count). The molecule has 0 aromatic heterocycles. The van der Waals surface area contributed by atoms with Gasteiger partial charge in [-0.3, -0.25) is 4.79 Å². The molecule has 0 saturated heterocycles. The zero-order chi connectivity index (χ0) is 13.9. The Labute approximate surface area is 112 Å². The highest BCUT2D eigenvalue weighted by atomic mass is 16.5. The predicted molar refractivity (Wildman–Crippen MR) is 73.3 cm³/mol. The second kappa shape index (κ2) is 5.48. The standard InChI is InChI=1S/C14H20N2O3/c1-19-12-5-4-10(8-11(12)17)16-13(18)9-14(15)6-2-3-7-14/h4-5,8,17H,2-3,6-7,9,15H2,1H3,(H,16,18). The normalized spacial score (nSPS) is 17.2. The van der Waals surface area contributed by atoms with Crippen molar-refractivity contribution in [1.82, 2.24) is 0 Å². The van der Waals surface area contributed by atoms with Crippen LogP contribution in [0.25, 0.3) is 0 Å². The number of carbonyl (C=O) groups excluding carboxylic acids is 1. The summed E-state index contributed by atoms with van der Waals surface area (Å²) < 4.78 is 4.95. The van der Waals surface area contributed by atoms with Crippen molar-refractivity contribution in [2.75, 3.05) is 12.4 Å². The van der Waals surface area contributed by atoms with Crippen LogP contribution < -0.4 is 15.8 Å². The molecule has 0 aliphatic heterocycles. The van der Waals surface area contributed by atoms with Gasteiger partial charge < -0.3 is 20.9 Å². The van der Waals surface area contributed by atoms with Crippen LogP contribution in [0, 0.1) is 0 Å². The minimum Gasteiger partial charge on any atom is -0.504 e. The summed E-state index contributed by atoms with van der Waals surface area (Å²) in [7, 11) is 1.48. The maximum atomic E-state index is 11.9. The van der Waals surface area contributed by atoms with Crippen LogP contribution in [-0.2, 0) is 4.79 Å². The summed E-state index contributed by atoms with van der Waals surface area (Å²) in [5.41, 5.74) is 6.34. The summed E-state index contributed by atoms with van der Waals surface area (Å²) in [5, 5.41) is 12.4. The quantitative estimate of drug-likeness (QED) is 0.776. The maximum Gasteiger partial charge on any atom is 0.226 e. The van der Waals surface area contributed by atoms with Crippen molar-refractivity contribution in [3.8, 4) is 11.5 Å². The number of rotatable bonds is 4. The number of methoxy groups -OCH3 is 1. The van der Waals surface area contributed by atoms with E-state index < -0.39 is 0 Å². The number of carbonyl (C=O) groups is 1. The van der Waals surface area contributed by atoms with Crippen LogP contribution in [-0.4, -0.2) is 23.7 Å². The monoisotopic (exact) mass is 264 g/mol. The van der Waals surface area contributed by atoms with Gasteiger partial charge >= 0.3 is 0 Å². The lowest BCUT2D eigenvalue weighted by Crippen LogP contribution is -2.40. The molecule has 5 nitrogen and oxygen atoms in total. The Morgan fingerprint density at radius 1 is 1.47 bits per heavy atom. The van der Waals surface area contributed by atoms with Crippen molar-refractivity contribution in [3.63, 3.8) is 0 Å². The first-order valence-corrected chi connectivity index (χ1v) is 6.48. The molecule has 1 aromatic carbocycles. The molecule has 0 spiro atoms. The van der Waals surface area contributed by atoms with Crippen molar-refractivity contribution in [3.05, 3.63) is 18.2 Å². The fraction of sp³-hybridized carbons (Fsp3) is 0.500. The summed E-state index contributed by atoms with van der Waals surface area (Å²) in [6.07, 6.45) is 4.29. The number of benzene rings is 1. The number of hydrogen-bond donors (Lipinski definition) is 3. The minimum atomic E-state index is -0.363. The molecule has 1 saturated carbocycles. The average Bonchev–Trinajstić information content (AvgIpc) is 2.75.